The fourth-order valence-corrected chi connectivity index (χ4v) is 3.29. The van der Waals surface area contributed by atoms with E-state index in [1.807, 2.05) is 4.68 Å². The topological polar surface area (TPSA) is 90.2 Å². The highest BCUT2D eigenvalue weighted by molar-refractivity contribution is 5.92. The number of hydrogen-bond acceptors (Lipinski definition) is 5. The second kappa shape index (κ2) is 5.24. The number of carbonyl (C=O) groups excluding carboxylic acids is 1. The quantitative estimate of drug-likeness (QED) is 0.906. The molecule has 0 aromatic carbocycles. The largest absolute Gasteiger partial charge is 0.366 e. The van der Waals surface area contributed by atoms with E-state index in [2.05, 4.69) is 15.2 Å². The van der Waals surface area contributed by atoms with Crippen LogP contribution in [0.1, 0.15) is 46.3 Å². The van der Waals surface area contributed by atoms with E-state index in [1.54, 1.807) is 6.20 Å². The van der Waals surface area contributed by atoms with Crippen LogP contribution in [0.15, 0.2) is 16.9 Å². The van der Waals surface area contributed by atoms with Crippen LogP contribution in [0.2, 0.25) is 0 Å². The Morgan fingerprint density at radius 3 is 2.95 bits per heavy atom. The van der Waals surface area contributed by atoms with E-state index in [0.29, 0.717) is 11.6 Å². The number of rotatable bonds is 4. The molecule has 22 heavy (non-hydrogen) atoms. The molecule has 2 aromatic rings. The van der Waals surface area contributed by atoms with Crippen molar-refractivity contribution in [2.45, 2.75) is 38.3 Å². The zero-order valence-corrected chi connectivity index (χ0v) is 12.4. The monoisotopic (exact) mass is 301 g/mol. The molecule has 3 heterocycles. The predicted molar refractivity (Wildman–Crippen MR) is 78.2 cm³/mol. The van der Waals surface area contributed by atoms with Gasteiger partial charge in [0.15, 0.2) is 0 Å². The van der Waals surface area contributed by atoms with Gasteiger partial charge in [-0.1, -0.05) is 5.16 Å². The number of aromatic nitrogens is 3. The molecule has 1 saturated heterocycles. The third-order valence-electron chi connectivity index (χ3n) is 4.60. The number of nitrogens with zero attached hydrogens (tertiary/aromatic N) is 4. The van der Waals surface area contributed by atoms with Crippen LogP contribution in [-0.4, -0.2) is 38.8 Å². The molecule has 0 radical (unpaired) electrons. The van der Waals surface area contributed by atoms with Crippen molar-refractivity contribution in [2.75, 3.05) is 13.1 Å². The van der Waals surface area contributed by atoms with E-state index < -0.39 is 5.91 Å². The fourth-order valence-electron chi connectivity index (χ4n) is 3.29. The van der Waals surface area contributed by atoms with Gasteiger partial charge in [0.1, 0.15) is 11.5 Å². The Kier molecular flexibility index (Phi) is 3.22. The first kappa shape index (κ1) is 13.5. The first-order valence-electron chi connectivity index (χ1n) is 7.73. The van der Waals surface area contributed by atoms with Gasteiger partial charge in [0, 0.05) is 37.8 Å². The maximum Gasteiger partial charge on any atom is 0.251 e. The van der Waals surface area contributed by atoms with Gasteiger partial charge >= 0.3 is 0 Å². The molecule has 1 amide bonds. The Bertz CT molecular complexity index is 699. The summed E-state index contributed by atoms with van der Waals surface area (Å²) in [5, 5.41) is 8.46. The highest BCUT2D eigenvalue weighted by Crippen LogP contribution is 2.28. The van der Waals surface area contributed by atoms with E-state index in [9.17, 15) is 4.79 Å². The molecule has 0 bridgehead atoms. The summed E-state index contributed by atoms with van der Waals surface area (Å²) in [6, 6.07) is 0.302. The Morgan fingerprint density at radius 2 is 2.18 bits per heavy atom. The maximum absolute atomic E-state index is 11.1. The summed E-state index contributed by atoms with van der Waals surface area (Å²) in [7, 11) is 0. The van der Waals surface area contributed by atoms with E-state index >= 15 is 0 Å². The number of carbonyl (C=O) groups is 1. The summed E-state index contributed by atoms with van der Waals surface area (Å²) in [5.74, 6) is 0.646. The van der Waals surface area contributed by atoms with Crippen molar-refractivity contribution in [2.24, 2.45) is 5.73 Å². The number of likely N-dealkylation sites (tertiary alicyclic amines) is 1. The maximum atomic E-state index is 11.1. The number of primary amides is 1. The van der Waals surface area contributed by atoms with Crippen molar-refractivity contribution in [3.05, 3.63) is 35.0 Å². The van der Waals surface area contributed by atoms with Crippen molar-refractivity contribution >= 4 is 5.91 Å². The van der Waals surface area contributed by atoms with Gasteiger partial charge in [0.05, 0.1) is 17.8 Å². The molecular weight excluding hydrogens is 282 g/mol. The number of amides is 1. The van der Waals surface area contributed by atoms with Gasteiger partial charge in [-0.05, 0) is 19.3 Å². The normalized spacial score (nSPS) is 18.9. The summed E-state index contributed by atoms with van der Waals surface area (Å²) in [4.78, 5) is 13.4. The van der Waals surface area contributed by atoms with Crippen molar-refractivity contribution in [3.63, 3.8) is 0 Å². The molecule has 2 aromatic heterocycles. The average Bonchev–Trinajstić information content (AvgIpc) is 3.10. The molecule has 0 spiro atoms. The van der Waals surface area contributed by atoms with Gasteiger partial charge in [0.2, 0.25) is 0 Å². The van der Waals surface area contributed by atoms with Crippen LogP contribution in [0.5, 0.6) is 0 Å². The lowest BCUT2D eigenvalue weighted by molar-refractivity contribution is 0.0879. The van der Waals surface area contributed by atoms with Crippen LogP contribution in [0.4, 0.5) is 0 Å². The van der Waals surface area contributed by atoms with Crippen LogP contribution in [0.25, 0.3) is 0 Å². The Hall–Kier alpha value is -2.15. The van der Waals surface area contributed by atoms with Gasteiger partial charge in [-0.2, -0.15) is 5.10 Å². The zero-order chi connectivity index (χ0) is 15.1. The molecule has 0 saturated carbocycles. The van der Waals surface area contributed by atoms with Gasteiger partial charge in [-0.25, -0.2) is 0 Å². The van der Waals surface area contributed by atoms with Crippen LogP contribution in [0, 0.1) is 0 Å². The van der Waals surface area contributed by atoms with E-state index in [4.69, 9.17) is 10.3 Å². The van der Waals surface area contributed by atoms with Crippen molar-refractivity contribution in [3.8, 4) is 0 Å². The van der Waals surface area contributed by atoms with Crippen molar-refractivity contribution < 1.29 is 9.32 Å². The molecular formula is C15H19N5O2. The molecule has 7 heteroatoms. The zero-order valence-electron chi connectivity index (χ0n) is 12.4. The Balaban J connectivity index is 1.37. The minimum Gasteiger partial charge on any atom is -0.366 e. The SMILES string of the molecule is NC(=O)c1cnn(C2CN(Cc3noc4c3CCCC4)C2)c1. The van der Waals surface area contributed by atoms with Crippen LogP contribution in [0.3, 0.4) is 0 Å². The minimum atomic E-state index is -0.434. The number of nitrogens with two attached hydrogens (primary N) is 1. The number of fused-ring (bicyclic) bond motifs is 1. The van der Waals surface area contributed by atoms with Crippen LogP contribution >= 0.6 is 0 Å². The van der Waals surface area contributed by atoms with Crippen molar-refractivity contribution in [1.82, 2.24) is 19.8 Å². The molecule has 7 nitrogen and oxygen atoms in total. The molecule has 1 fully saturated rings. The van der Waals surface area contributed by atoms with Gasteiger partial charge < -0.3 is 10.3 Å². The second-order valence-corrected chi connectivity index (χ2v) is 6.16. The Labute approximate surface area is 128 Å². The molecule has 4 rings (SSSR count). The summed E-state index contributed by atoms with van der Waals surface area (Å²) in [6.45, 7) is 2.64. The summed E-state index contributed by atoms with van der Waals surface area (Å²) >= 11 is 0. The average molecular weight is 301 g/mol. The lowest BCUT2D eigenvalue weighted by atomic mass is 9.96. The summed E-state index contributed by atoms with van der Waals surface area (Å²) < 4.78 is 7.28. The van der Waals surface area contributed by atoms with Gasteiger partial charge in [0.25, 0.3) is 5.91 Å². The molecule has 1 aliphatic carbocycles. The first-order valence-corrected chi connectivity index (χ1v) is 7.73. The fraction of sp³-hybridized carbons (Fsp3) is 0.533. The summed E-state index contributed by atoms with van der Waals surface area (Å²) in [5.41, 5.74) is 8.12. The highest BCUT2D eigenvalue weighted by Gasteiger charge is 2.31. The smallest absolute Gasteiger partial charge is 0.251 e. The molecule has 0 atom stereocenters. The van der Waals surface area contributed by atoms with E-state index in [-0.39, 0.29) is 0 Å². The molecule has 116 valence electrons. The minimum absolute atomic E-state index is 0.302. The highest BCUT2D eigenvalue weighted by atomic mass is 16.5. The lowest BCUT2D eigenvalue weighted by Gasteiger charge is -2.38. The second-order valence-electron chi connectivity index (χ2n) is 6.16. The lowest BCUT2D eigenvalue weighted by Crippen LogP contribution is -2.47. The molecule has 0 unspecified atom stereocenters. The Morgan fingerprint density at radius 1 is 1.36 bits per heavy atom. The third kappa shape index (κ3) is 2.31. The third-order valence-corrected chi connectivity index (χ3v) is 4.60. The van der Waals surface area contributed by atoms with Crippen LogP contribution in [-0.2, 0) is 19.4 Å². The predicted octanol–water partition coefficient (Wildman–Crippen LogP) is 0.906. The first-order chi connectivity index (χ1) is 10.7. The van der Waals surface area contributed by atoms with Gasteiger partial charge in [-0.15, -0.1) is 0 Å². The molecule has 1 aliphatic heterocycles. The molecule has 2 N–H and O–H groups in total. The van der Waals surface area contributed by atoms with Gasteiger partial charge in [-0.3, -0.25) is 14.4 Å². The van der Waals surface area contributed by atoms with Crippen LogP contribution < -0.4 is 5.73 Å². The number of hydrogen-bond donors (Lipinski definition) is 1. The molecule has 2 aliphatic rings. The van der Waals surface area contributed by atoms with E-state index in [1.165, 1.54) is 24.6 Å². The van der Waals surface area contributed by atoms with E-state index in [0.717, 1.165) is 43.9 Å². The summed E-state index contributed by atoms with van der Waals surface area (Å²) in [6.07, 6.45) is 7.80. The standard InChI is InChI=1S/C15H19N5O2/c16-15(21)10-5-17-20(6-10)11-7-19(8-11)9-13-12-3-1-2-4-14(12)22-18-13/h5-6,11H,1-4,7-9H2,(H2,16,21). The number of aryl methyl sites for hydroxylation is 1. The van der Waals surface area contributed by atoms with Crippen molar-refractivity contribution in [1.29, 1.82) is 0 Å².